The first-order chi connectivity index (χ1) is 24.8. The first kappa shape index (κ1) is 40.2. The molecule has 10 heteroatoms. The van der Waals surface area contributed by atoms with Gasteiger partial charge in [0.25, 0.3) is 11.4 Å². The molecule has 4 N–H and O–H groups in total. The Labute approximate surface area is 312 Å². The summed E-state index contributed by atoms with van der Waals surface area (Å²) in [5.74, 6) is 5.34. The number of fused-ring (bicyclic) bond motifs is 5. The summed E-state index contributed by atoms with van der Waals surface area (Å²) in [6, 6.07) is 4.26. The minimum Gasteiger partial charge on any atom is -0.379 e. The maximum Gasteiger partial charge on any atom is 0.299 e. The lowest BCUT2D eigenvalue weighted by molar-refractivity contribution is -0.691. The lowest BCUT2D eigenvalue weighted by Crippen LogP contribution is -2.90. The van der Waals surface area contributed by atoms with Crippen LogP contribution in [0.4, 0.5) is 17.1 Å². The van der Waals surface area contributed by atoms with Crippen LogP contribution >= 0.6 is 0 Å². The second-order valence-electron chi connectivity index (χ2n) is 18.0. The van der Waals surface area contributed by atoms with Crippen molar-refractivity contribution in [3.05, 3.63) is 50.1 Å². The number of carbonyl (C=O) groups is 1. The predicted octanol–water partition coefficient (Wildman–Crippen LogP) is 8.96. The first-order valence-electron chi connectivity index (χ1n) is 20.8. The zero-order valence-corrected chi connectivity index (χ0v) is 32.8. The summed E-state index contributed by atoms with van der Waals surface area (Å²) < 4.78 is 0. The van der Waals surface area contributed by atoms with Gasteiger partial charge < -0.3 is 16.0 Å². The van der Waals surface area contributed by atoms with Gasteiger partial charge in [-0.05, 0) is 104 Å². The first-order valence-corrected chi connectivity index (χ1v) is 20.8. The van der Waals surface area contributed by atoms with E-state index in [1.165, 1.54) is 82.8 Å². The second-order valence-corrected chi connectivity index (χ2v) is 18.0. The number of allylic oxidation sites excluding steroid dienone is 1. The van der Waals surface area contributed by atoms with E-state index in [0.29, 0.717) is 36.4 Å². The van der Waals surface area contributed by atoms with Gasteiger partial charge in [-0.25, -0.2) is 0 Å². The van der Waals surface area contributed by atoms with Gasteiger partial charge in [0.15, 0.2) is 0 Å². The number of benzene rings is 1. The van der Waals surface area contributed by atoms with E-state index in [4.69, 9.17) is 0 Å². The van der Waals surface area contributed by atoms with E-state index < -0.39 is 9.85 Å². The lowest BCUT2D eigenvalue weighted by atomic mass is 9.47. The SMILES string of the molecule is CC(C)CCC[C@@H](C)[C@H]1CC[C@H]2[C@@H]3CC=C4C[C@@H]([NH2+]CCCNC(=O)CCCCCNc5ccc([N+](=O)[O-])cc5[N+](=O)[O-])CC[C@]4(C)[C@H]3CC[C@]12C. The summed E-state index contributed by atoms with van der Waals surface area (Å²) in [6.45, 7) is 14.9. The standard InChI is InChI=1S/C42H67N5O5/c1-29(2)11-9-12-30(3)35-17-18-36-34-16-14-31-27-32(20-22-41(31,4)37(34)21-23-42(35,36)5)43-25-10-26-45-40(48)13-7-6-8-24-44-38-19-15-33(46(49)50)28-39(38)47(51)52/h14-15,19,28-30,32,34-37,43-44H,6-13,16-18,20-27H2,1-5H3,(H,45,48)/p+1/t30-,32+,34+,35-,36+,37+,41+,42-/m1/s1. The van der Waals surface area contributed by atoms with E-state index in [1.807, 2.05) is 0 Å². The average Bonchev–Trinajstić information content (AvgIpc) is 3.46. The number of quaternary nitrogens is 1. The molecule has 1 aromatic carbocycles. The van der Waals surface area contributed by atoms with Gasteiger partial charge in [-0.2, -0.15) is 0 Å². The third kappa shape index (κ3) is 9.37. The summed E-state index contributed by atoms with van der Waals surface area (Å²) in [6.07, 6.45) is 21.6. The van der Waals surface area contributed by atoms with E-state index in [2.05, 4.69) is 56.6 Å². The highest BCUT2D eigenvalue weighted by molar-refractivity contribution is 5.75. The quantitative estimate of drug-likeness (QED) is 0.0563. The minimum absolute atomic E-state index is 0.0760. The number of hydrogen-bond acceptors (Lipinski definition) is 6. The summed E-state index contributed by atoms with van der Waals surface area (Å²) in [5.41, 5.74) is 2.35. The summed E-state index contributed by atoms with van der Waals surface area (Å²) >= 11 is 0. The van der Waals surface area contributed by atoms with E-state index in [9.17, 15) is 25.0 Å². The number of nitro groups is 2. The normalized spacial score (nSPS) is 30.1. The number of hydrogen-bond donors (Lipinski definition) is 3. The Bertz CT molecular complexity index is 1430. The molecule has 0 aromatic heterocycles. The van der Waals surface area contributed by atoms with Gasteiger partial charge >= 0.3 is 0 Å². The molecule has 0 spiro atoms. The maximum atomic E-state index is 12.4. The monoisotopic (exact) mass is 723 g/mol. The molecule has 3 fully saturated rings. The second kappa shape index (κ2) is 17.9. The van der Waals surface area contributed by atoms with Crippen LogP contribution in [0.1, 0.15) is 137 Å². The number of unbranched alkanes of at least 4 members (excludes halogenated alkanes) is 2. The number of amides is 1. The zero-order valence-electron chi connectivity index (χ0n) is 32.8. The van der Waals surface area contributed by atoms with E-state index >= 15 is 0 Å². The molecule has 3 saturated carbocycles. The van der Waals surface area contributed by atoms with Gasteiger partial charge in [-0.1, -0.05) is 72.0 Å². The average molecular weight is 723 g/mol. The number of nitro benzene ring substituents is 2. The van der Waals surface area contributed by atoms with Gasteiger partial charge in [0.05, 0.1) is 28.5 Å². The zero-order chi connectivity index (χ0) is 37.5. The summed E-state index contributed by atoms with van der Waals surface area (Å²) in [4.78, 5) is 33.4. The highest BCUT2D eigenvalue weighted by Gasteiger charge is 2.59. The lowest BCUT2D eigenvalue weighted by Gasteiger charge is -2.58. The number of nitrogens with zero attached hydrogens (tertiary/aromatic N) is 2. The summed E-state index contributed by atoms with van der Waals surface area (Å²) in [7, 11) is 0. The fourth-order valence-corrected chi connectivity index (χ4v) is 11.4. The van der Waals surface area contributed by atoms with Gasteiger partial charge in [-0.3, -0.25) is 25.0 Å². The van der Waals surface area contributed by atoms with Gasteiger partial charge in [0.2, 0.25) is 5.91 Å². The van der Waals surface area contributed by atoms with Crippen LogP contribution in [0.3, 0.4) is 0 Å². The van der Waals surface area contributed by atoms with Crippen LogP contribution in [-0.4, -0.2) is 41.4 Å². The molecule has 8 atom stereocenters. The molecule has 5 rings (SSSR count). The van der Waals surface area contributed by atoms with Crippen LogP contribution in [-0.2, 0) is 4.79 Å². The Hall–Kier alpha value is -3.01. The number of anilines is 1. The molecule has 0 unspecified atom stereocenters. The van der Waals surface area contributed by atoms with Crippen LogP contribution in [0, 0.1) is 66.6 Å². The van der Waals surface area contributed by atoms with Gasteiger partial charge in [0.1, 0.15) is 5.69 Å². The van der Waals surface area contributed by atoms with Crippen LogP contribution in [0.25, 0.3) is 0 Å². The number of nitrogens with one attached hydrogen (secondary N) is 2. The van der Waals surface area contributed by atoms with E-state index in [0.717, 1.165) is 73.8 Å². The molecule has 290 valence electrons. The van der Waals surface area contributed by atoms with Crippen molar-refractivity contribution in [1.29, 1.82) is 0 Å². The number of rotatable bonds is 19. The van der Waals surface area contributed by atoms with Gasteiger partial charge in [-0.15, -0.1) is 0 Å². The molecule has 1 aromatic rings. The predicted molar refractivity (Wildman–Crippen MR) is 208 cm³/mol. The summed E-state index contributed by atoms with van der Waals surface area (Å²) in [5, 5.41) is 30.9. The van der Waals surface area contributed by atoms with Crippen molar-refractivity contribution in [3.63, 3.8) is 0 Å². The Balaban J connectivity index is 0.965. The number of non-ortho nitro benzene ring substituents is 1. The molecule has 0 aliphatic heterocycles. The molecule has 0 radical (unpaired) electrons. The molecule has 4 aliphatic carbocycles. The molecular weight excluding hydrogens is 654 g/mol. The Morgan fingerprint density at radius 2 is 1.73 bits per heavy atom. The van der Waals surface area contributed by atoms with Crippen molar-refractivity contribution >= 4 is 23.0 Å². The van der Waals surface area contributed by atoms with Crippen LogP contribution in [0.2, 0.25) is 0 Å². The van der Waals surface area contributed by atoms with Gasteiger partial charge in [0, 0.05) is 44.8 Å². The fourth-order valence-electron chi connectivity index (χ4n) is 11.4. The largest absolute Gasteiger partial charge is 0.379 e. The van der Waals surface area contributed by atoms with Crippen molar-refractivity contribution in [3.8, 4) is 0 Å². The molecular formula is C42H68N5O5+. The highest BCUT2D eigenvalue weighted by Crippen LogP contribution is 2.67. The fraction of sp³-hybridized carbons (Fsp3) is 0.786. The number of carbonyl (C=O) groups excluding carboxylic acids is 1. The molecule has 4 aliphatic rings. The molecule has 52 heavy (non-hydrogen) atoms. The molecule has 1 amide bonds. The Morgan fingerprint density at radius 1 is 0.923 bits per heavy atom. The smallest absolute Gasteiger partial charge is 0.299 e. The van der Waals surface area contributed by atoms with Crippen molar-refractivity contribution in [1.82, 2.24) is 5.32 Å². The van der Waals surface area contributed by atoms with Crippen molar-refractivity contribution in [2.24, 2.45) is 46.3 Å². The molecule has 10 nitrogen and oxygen atoms in total. The third-order valence-electron chi connectivity index (χ3n) is 14.3. The Kier molecular flexibility index (Phi) is 13.8. The molecule has 0 bridgehead atoms. The Morgan fingerprint density at radius 3 is 2.48 bits per heavy atom. The third-order valence-corrected chi connectivity index (χ3v) is 14.3. The topological polar surface area (TPSA) is 144 Å². The van der Waals surface area contributed by atoms with Crippen molar-refractivity contribution < 1.29 is 20.0 Å². The van der Waals surface area contributed by atoms with E-state index in [-0.39, 0.29) is 23.0 Å². The maximum absolute atomic E-state index is 12.4. The molecule has 0 saturated heterocycles. The van der Waals surface area contributed by atoms with Crippen LogP contribution < -0.4 is 16.0 Å². The highest BCUT2D eigenvalue weighted by atomic mass is 16.6. The van der Waals surface area contributed by atoms with E-state index in [1.54, 1.807) is 5.57 Å². The molecule has 0 heterocycles. The minimum atomic E-state index is -0.642. The number of nitrogens with two attached hydrogens (primary N) is 1. The van der Waals surface area contributed by atoms with Crippen LogP contribution in [0.15, 0.2) is 29.8 Å². The van der Waals surface area contributed by atoms with Crippen LogP contribution in [0.5, 0.6) is 0 Å². The van der Waals surface area contributed by atoms with Crippen molar-refractivity contribution in [2.45, 2.75) is 143 Å². The van der Waals surface area contributed by atoms with Crippen molar-refractivity contribution in [2.75, 3.05) is 25.0 Å².